The first-order chi connectivity index (χ1) is 13.1. The molecule has 6 nitrogen and oxygen atoms in total. The fourth-order valence-electron chi connectivity index (χ4n) is 3.05. The van der Waals surface area contributed by atoms with E-state index in [-0.39, 0.29) is 11.6 Å². The molecule has 0 bridgehead atoms. The SMILES string of the molecule is O=C(c1ccc([N+](=O)[O-])cc1)n1c(Cc2ccccc2)nc2ccccc21. The predicted molar refractivity (Wildman–Crippen MR) is 102 cm³/mol. The minimum Gasteiger partial charge on any atom is -0.268 e. The van der Waals surface area contributed by atoms with E-state index in [2.05, 4.69) is 4.98 Å². The number of nitro groups is 1. The average Bonchev–Trinajstić information content (AvgIpc) is 3.06. The number of benzene rings is 3. The highest BCUT2D eigenvalue weighted by Crippen LogP contribution is 2.21. The van der Waals surface area contributed by atoms with E-state index >= 15 is 0 Å². The Morgan fingerprint density at radius 3 is 2.30 bits per heavy atom. The van der Waals surface area contributed by atoms with Gasteiger partial charge in [0.1, 0.15) is 5.82 Å². The summed E-state index contributed by atoms with van der Waals surface area (Å²) in [6, 6.07) is 22.9. The van der Waals surface area contributed by atoms with Gasteiger partial charge in [0.15, 0.2) is 0 Å². The van der Waals surface area contributed by atoms with Crippen LogP contribution < -0.4 is 0 Å². The normalized spacial score (nSPS) is 10.8. The van der Waals surface area contributed by atoms with E-state index in [1.54, 1.807) is 4.57 Å². The molecule has 4 aromatic rings. The number of para-hydroxylation sites is 2. The molecule has 0 atom stereocenters. The molecule has 27 heavy (non-hydrogen) atoms. The van der Waals surface area contributed by atoms with E-state index in [0.29, 0.717) is 23.3 Å². The number of nitrogens with zero attached hydrogens (tertiary/aromatic N) is 3. The highest BCUT2D eigenvalue weighted by Gasteiger charge is 2.19. The van der Waals surface area contributed by atoms with Gasteiger partial charge < -0.3 is 0 Å². The molecule has 0 unspecified atom stereocenters. The summed E-state index contributed by atoms with van der Waals surface area (Å²) in [7, 11) is 0. The van der Waals surface area contributed by atoms with Crippen LogP contribution in [-0.2, 0) is 6.42 Å². The summed E-state index contributed by atoms with van der Waals surface area (Å²) in [5.41, 5.74) is 2.82. The molecule has 0 amide bonds. The molecular weight excluding hydrogens is 342 g/mol. The largest absolute Gasteiger partial charge is 0.269 e. The Morgan fingerprint density at radius 1 is 0.926 bits per heavy atom. The van der Waals surface area contributed by atoms with Gasteiger partial charge >= 0.3 is 0 Å². The van der Waals surface area contributed by atoms with Crippen molar-refractivity contribution in [3.05, 3.63) is 106 Å². The first-order valence-electron chi connectivity index (χ1n) is 8.43. The number of carbonyl (C=O) groups excluding carboxylic acids is 1. The second-order valence-corrected chi connectivity index (χ2v) is 6.12. The molecule has 0 spiro atoms. The van der Waals surface area contributed by atoms with Crippen molar-refractivity contribution in [2.24, 2.45) is 0 Å². The number of rotatable bonds is 4. The lowest BCUT2D eigenvalue weighted by molar-refractivity contribution is -0.384. The van der Waals surface area contributed by atoms with Crippen LogP contribution in [-0.4, -0.2) is 20.4 Å². The fraction of sp³-hybridized carbons (Fsp3) is 0.0476. The molecule has 1 aromatic heterocycles. The van der Waals surface area contributed by atoms with Gasteiger partial charge in [-0.2, -0.15) is 0 Å². The summed E-state index contributed by atoms with van der Waals surface area (Å²) in [5, 5.41) is 10.8. The minimum atomic E-state index is -0.484. The van der Waals surface area contributed by atoms with Crippen molar-refractivity contribution in [1.82, 2.24) is 9.55 Å². The molecule has 132 valence electrons. The van der Waals surface area contributed by atoms with Crippen LogP contribution in [0.1, 0.15) is 21.7 Å². The number of non-ortho nitro benzene ring substituents is 1. The number of fused-ring (bicyclic) bond motifs is 1. The van der Waals surface area contributed by atoms with Gasteiger partial charge in [-0.25, -0.2) is 4.98 Å². The van der Waals surface area contributed by atoms with Gasteiger partial charge in [-0.15, -0.1) is 0 Å². The smallest absolute Gasteiger partial charge is 0.268 e. The Bertz CT molecular complexity index is 1130. The predicted octanol–water partition coefficient (Wildman–Crippen LogP) is 4.22. The maximum absolute atomic E-state index is 13.2. The zero-order valence-electron chi connectivity index (χ0n) is 14.3. The van der Waals surface area contributed by atoms with Crippen LogP contribution in [0.3, 0.4) is 0 Å². The summed E-state index contributed by atoms with van der Waals surface area (Å²) >= 11 is 0. The lowest BCUT2D eigenvalue weighted by Crippen LogP contribution is -2.15. The molecule has 0 radical (unpaired) electrons. The molecule has 0 fully saturated rings. The molecule has 3 aromatic carbocycles. The van der Waals surface area contributed by atoms with Gasteiger partial charge in [0.25, 0.3) is 11.6 Å². The summed E-state index contributed by atoms with van der Waals surface area (Å²) in [4.78, 5) is 28.2. The molecular formula is C21H15N3O3. The van der Waals surface area contributed by atoms with Crippen molar-refractivity contribution in [3.8, 4) is 0 Å². The summed E-state index contributed by atoms with van der Waals surface area (Å²) in [6.45, 7) is 0. The van der Waals surface area contributed by atoms with Gasteiger partial charge in [0, 0.05) is 24.1 Å². The van der Waals surface area contributed by atoms with Crippen molar-refractivity contribution in [1.29, 1.82) is 0 Å². The number of hydrogen-bond donors (Lipinski definition) is 0. The van der Waals surface area contributed by atoms with Gasteiger partial charge in [-0.05, 0) is 29.8 Å². The maximum Gasteiger partial charge on any atom is 0.269 e. The van der Waals surface area contributed by atoms with Crippen LogP contribution in [0.5, 0.6) is 0 Å². The Balaban J connectivity index is 1.80. The first-order valence-corrected chi connectivity index (χ1v) is 8.43. The Morgan fingerprint density at radius 2 is 1.59 bits per heavy atom. The maximum atomic E-state index is 13.2. The highest BCUT2D eigenvalue weighted by atomic mass is 16.6. The number of nitro benzene ring substituents is 1. The van der Waals surface area contributed by atoms with Gasteiger partial charge in [-0.1, -0.05) is 42.5 Å². The minimum absolute atomic E-state index is 0.0495. The summed E-state index contributed by atoms with van der Waals surface area (Å²) < 4.78 is 1.59. The van der Waals surface area contributed by atoms with Crippen LogP contribution in [0.2, 0.25) is 0 Å². The van der Waals surface area contributed by atoms with Crippen molar-refractivity contribution >= 4 is 22.6 Å². The van der Waals surface area contributed by atoms with Gasteiger partial charge in [-0.3, -0.25) is 19.5 Å². The first kappa shape index (κ1) is 16.7. The molecule has 0 saturated heterocycles. The van der Waals surface area contributed by atoms with Crippen LogP contribution >= 0.6 is 0 Å². The van der Waals surface area contributed by atoms with Crippen molar-refractivity contribution < 1.29 is 9.72 Å². The highest BCUT2D eigenvalue weighted by molar-refractivity contribution is 6.01. The zero-order chi connectivity index (χ0) is 18.8. The number of hydrogen-bond acceptors (Lipinski definition) is 4. The molecule has 0 aliphatic heterocycles. The number of aromatic nitrogens is 2. The van der Waals surface area contributed by atoms with Crippen LogP contribution in [0.25, 0.3) is 11.0 Å². The van der Waals surface area contributed by atoms with E-state index in [4.69, 9.17) is 0 Å². The molecule has 6 heteroatoms. The summed E-state index contributed by atoms with van der Waals surface area (Å²) in [5.74, 6) is 0.371. The number of imidazole rings is 1. The van der Waals surface area contributed by atoms with Gasteiger partial charge in [0.05, 0.1) is 16.0 Å². The van der Waals surface area contributed by atoms with E-state index in [0.717, 1.165) is 11.1 Å². The Hall–Kier alpha value is -3.80. The van der Waals surface area contributed by atoms with Crippen LogP contribution in [0.15, 0.2) is 78.9 Å². The molecule has 4 rings (SSSR count). The summed E-state index contributed by atoms with van der Waals surface area (Å²) in [6.07, 6.45) is 0.508. The zero-order valence-corrected chi connectivity index (χ0v) is 14.3. The Kier molecular flexibility index (Phi) is 4.22. The third kappa shape index (κ3) is 3.20. The molecule has 0 aliphatic rings. The van der Waals surface area contributed by atoms with Crippen molar-refractivity contribution in [3.63, 3.8) is 0 Å². The van der Waals surface area contributed by atoms with E-state index in [1.165, 1.54) is 24.3 Å². The average molecular weight is 357 g/mol. The monoisotopic (exact) mass is 357 g/mol. The molecule has 1 heterocycles. The number of carbonyl (C=O) groups is 1. The lowest BCUT2D eigenvalue weighted by atomic mass is 10.1. The van der Waals surface area contributed by atoms with E-state index in [1.807, 2.05) is 54.6 Å². The van der Waals surface area contributed by atoms with Gasteiger partial charge in [0.2, 0.25) is 0 Å². The second-order valence-electron chi connectivity index (χ2n) is 6.12. The van der Waals surface area contributed by atoms with Crippen molar-refractivity contribution in [2.45, 2.75) is 6.42 Å². The fourth-order valence-corrected chi connectivity index (χ4v) is 3.05. The standard InChI is InChI=1S/C21H15N3O3/c25-21(16-10-12-17(13-11-16)24(26)27)23-19-9-5-4-8-18(19)22-20(23)14-15-6-2-1-3-7-15/h1-13H,14H2. The lowest BCUT2D eigenvalue weighted by Gasteiger charge is -2.08. The van der Waals surface area contributed by atoms with Crippen LogP contribution in [0, 0.1) is 10.1 Å². The third-order valence-electron chi connectivity index (χ3n) is 4.36. The van der Waals surface area contributed by atoms with Crippen molar-refractivity contribution in [2.75, 3.05) is 0 Å². The molecule has 0 saturated carbocycles. The van der Waals surface area contributed by atoms with E-state index < -0.39 is 4.92 Å². The quantitative estimate of drug-likeness (QED) is 0.405. The van der Waals surface area contributed by atoms with E-state index in [9.17, 15) is 14.9 Å². The second kappa shape index (κ2) is 6.84. The topological polar surface area (TPSA) is 78.0 Å². The third-order valence-corrected chi connectivity index (χ3v) is 4.36. The molecule has 0 N–H and O–H groups in total. The van der Waals surface area contributed by atoms with Crippen LogP contribution in [0.4, 0.5) is 5.69 Å². The Labute approximate surface area is 154 Å². The molecule has 0 aliphatic carbocycles.